The minimum absolute atomic E-state index is 0. The van der Waals surface area contributed by atoms with Gasteiger partial charge in [-0.05, 0) is 66.8 Å². The van der Waals surface area contributed by atoms with Crippen LogP contribution in [0, 0.1) is 5.92 Å². The lowest BCUT2D eigenvalue weighted by atomic mass is 9.62. The second-order valence-electron chi connectivity index (χ2n) is 12.7. The zero-order valence-corrected chi connectivity index (χ0v) is 29.7. The average Bonchev–Trinajstić information content (AvgIpc) is 3.07. The Morgan fingerprint density at radius 3 is 2.17 bits per heavy atom. The van der Waals surface area contributed by atoms with Gasteiger partial charge in [0.1, 0.15) is 11.8 Å². The molecular weight excluding hydrogens is 647 g/mol. The molecule has 1 heterocycles. The lowest BCUT2D eigenvalue weighted by Gasteiger charge is -2.43. The van der Waals surface area contributed by atoms with Gasteiger partial charge in [-0.3, -0.25) is 14.4 Å². The van der Waals surface area contributed by atoms with Crippen molar-refractivity contribution in [1.82, 2.24) is 15.5 Å². The normalized spacial score (nSPS) is 19.5. The maximum absolute atomic E-state index is 14.3. The van der Waals surface area contributed by atoms with Gasteiger partial charge in [0.2, 0.25) is 11.8 Å². The monoisotopic (exact) mass is 693 g/mol. The maximum atomic E-state index is 14.3. The van der Waals surface area contributed by atoms with Crippen molar-refractivity contribution in [1.29, 1.82) is 0 Å². The van der Waals surface area contributed by atoms with E-state index in [-0.39, 0.29) is 56.7 Å². The molecule has 258 valence electrons. The van der Waals surface area contributed by atoms with Crippen LogP contribution in [-0.4, -0.2) is 66.0 Å². The number of rotatable bonds is 10. The molecule has 3 aromatic carbocycles. The third-order valence-electron chi connectivity index (χ3n) is 9.36. The van der Waals surface area contributed by atoms with E-state index in [1.54, 1.807) is 18.2 Å². The minimum atomic E-state index is -1.14. The molecule has 1 aliphatic carbocycles. The summed E-state index contributed by atoms with van der Waals surface area (Å²) in [4.78, 5) is 55.4. The van der Waals surface area contributed by atoms with Crippen LogP contribution in [0.2, 0.25) is 0 Å². The topological polar surface area (TPSA) is 125 Å². The maximum Gasteiger partial charge on any atom is 0.326 e. The van der Waals surface area contributed by atoms with E-state index in [0.717, 1.165) is 16.7 Å². The molecule has 1 fully saturated rings. The van der Waals surface area contributed by atoms with E-state index in [4.69, 9.17) is 4.74 Å². The second kappa shape index (κ2) is 16.9. The van der Waals surface area contributed by atoms with Crippen molar-refractivity contribution in [2.75, 3.05) is 20.2 Å². The van der Waals surface area contributed by atoms with Gasteiger partial charge >= 0.3 is 5.97 Å². The summed E-state index contributed by atoms with van der Waals surface area (Å²) >= 11 is 0. The molecular formula is C37H47N3O6S2. The van der Waals surface area contributed by atoms with Gasteiger partial charge in [-0.2, -0.15) is 27.0 Å². The van der Waals surface area contributed by atoms with E-state index in [9.17, 15) is 24.3 Å². The van der Waals surface area contributed by atoms with Gasteiger partial charge in [-0.1, -0.05) is 80.6 Å². The highest BCUT2D eigenvalue weighted by atomic mass is 32.1. The van der Waals surface area contributed by atoms with Crippen LogP contribution < -0.4 is 15.4 Å². The number of para-hydroxylation sites is 1. The number of ether oxygens (including phenoxy) is 1. The Hall–Kier alpha value is -3.96. The van der Waals surface area contributed by atoms with Gasteiger partial charge in [0.25, 0.3) is 5.91 Å². The quantitative estimate of drug-likeness (QED) is 0.271. The van der Waals surface area contributed by atoms with E-state index >= 15 is 0 Å². The van der Waals surface area contributed by atoms with Crippen molar-refractivity contribution in [3.8, 4) is 5.75 Å². The van der Waals surface area contributed by atoms with Crippen LogP contribution >= 0.6 is 27.0 Å². The lowest BCUT2D eigenvalue weighted by molar-refractivity contribution is -0.143. The number of fused-ring (bicyclic) bond motifs is 1. The summed E-state index contributed by atoms with van der Waals surface area (Å²) in [6.07, 6.45) is 2.36. The van der Waals surface area contributed by atoms with Crippen LogP contribution in [0.5, 0.6) is 5.75 Å². The fourth-order valence-corrected chi connectivity index (χ4v) is 7.02. The van der Waals surface area contributed by atoms with Gasteiger partial charge in [0.15, 0.2) is 0 Å². The Labute approximate surface area is 296 Å². The molecule has 3 aromatic rings. The van der Waals surface area contributed by atoms with Crippen molar-refractivity contribution in [2.24, 2.45) is 5.92 Å². The van der Waals surface area contributed by atoms with E-state index in [1.165, 1.54) is 7.11 Å². The van der Waals surface area contributed by atoms with Gasteiger partial charge in [0.05, 0.1) is 24.0 Å². The number of aliphatic carboxylic acids is 1. The molecule has 3 amide bonds. The Kier molecular flexibility index (Phi) is 13.6. The molecule has 0 bridgehead atoms. The van der Waals surface area contributed by atoms with Crippen molar-refractivity contribution in [2.45, 2.75) is 69.4 Å². The average molecular weight is 694 g/mol. The Bertz CT molecular complexity index is 1580. The summed E-state index contributed by atoms with van der Waals surface area (Å²) in [5.41, 5.74) is 1.63. The molecule has 0 radical (unpaired) electrons. The second-order valence-corrected chi connectivity index (χ2v) is 12.7. The third-order valence-corrected chi connectivity index (χ3v) is 9.36. The summed E-state index contributed by atoms with van der Waals surface area (Å²) in [5, 5.41) is 15.9. The molecule has 5 rings (SSSR count). The first-order valence-corrected chi connectivity index (χ1v) is 16.1. The first kappa shape index (κ1) is 38.5. The smallest absolute Gasteiger partial charge is 0.326 e. The largest absolute Gasteiger partial charge is 0.496 e. The van der Waals surface area contributed by atoms with Gasteiger partial charge < -0.3 is 25.4 Å². The molecule has 3 N–H and O–H groups in total. The van der Waals surface area contributed by atoms with Crippen LogP contribution in [-0.2, 0) is 19.8 Å². The number of carbonyl (C=O) groups is 4. The number of nitrogens with one attached hydrogen (secondary N) is 2. The number of carboxylic acids is 1. The Morgan fingerprint density at radius 2 is 1.52 bits per heavy atom. The van der Waals surface area contributed by atoms with E-state index in [1.807, 2.05) is 79.4 Å². The number of carboxylic acid groups (broad SMARTS) is 1. The van der Waals surface area contributed by atoms with Crippen LogP contribution in [0.1, 0.15) is 78.9 Å². The molecule has 3 atom stereocenters. The van der Waals surface area contributed by atoms with Gasteiger partial charge in [0, 0.05) is 19.1 Å². The first-order valence-electron chi connectivity index (χ1n) is 16.1. The summed E-state index contributed by atoms with van der Waals surface area (Å²) in [6, 6.07) is 23.0. The highest BCUT2D eigenvalue weighted by Crippen LogP contribution is 2.48. The van der Waals surface area contributed by atoms with Crippen molar-refractivity contribution < 1.29 is 29.0 Å². The number of likely N-dealkylation sites (tertiary alicyclic amines) is 1. The predicted octanol–water partition coefficient (Wildman–Crippen LogP) is 5.12. The Balaban J connectivity index is 0.00000312. The number of hydrogen-bond donors (Lipinski definition) is 3. The van der Waals surface area contributed by atoms with E-state index in [2.05, 4.69) is 10.6 Å². The molecule has 0 saturated carbocycles. The molecule has 0 unspecified atom stereocenters. The van der Waals surface area contributed by atoms with Crippen molar-refractivity contribution in [3.63, 3.8) is 0 Å². The fourth-order valence-electron chi connectivity index (χ4n) is 7.02. The number of methoxy groups -OCH3 is 1. The third kappa shape index (κ3) is 8.01. The summed E-state index contributed by atoms with van der Waals surface area (Å²) in [7, 11) is 1.54. The molecule has 1 aliphatic heterocycles. The summed E-state index contributed by atoms with van der Waals surface area (Å²) < 4.78 is 5.34. The van der Waals surface area contributed by atoms with Crippen molar-refractivity contribution >= 4 is 50.7 Å². The predicted molar refractivity (Wildman–Crippen MR) is 195 cm³/mol. The molecule has 11 heteroatoms. The standard InChI is InChI=1S/C37H43N3O6.2H2S/c1-24(2)23-31(35(43)44)39-36(45)37(25-11-5-4-6-12-25)20-17-28(27-13-7-9-15-30(27)37)34(42)40-21-18-26(19-22-40)38-33(41)29-14-8-10-16-32(29)46-3;;/h4-16,24,26,28,31H,17-23H2,1-3H3,(H,38,41)(H,39,45)(H,43,44);2*1H2/t28-,31-,37+;;/m0../s1. The number of piperidine rings is 1. The van der Waals surface area contributed by atoms with Gasteiger partial charge in [-0.25, -0.2) is 4.79 Å². The van der Waals surface area contributed by atoms with E-state index in [0.29, 0.717) is 56.5 Å². The van der Waals surface area contributed by atoms with Crippen LogP contribution in [0.25, 0.3) is 0 Å². The molecule has 0 spiro atoms. The molecule has 48 heavy (non-hydrogen) atoms. The summed E-state index contributed by atoms with van der Waals surface area (Å²) in [6.45, 7) is 4.87. The highest BCUT2D eigenvalue weighted by Gasteiger charge is 2.49. The Morgan fingerprint density at radius 1 is 0.896 bits per heavy atom. The van der Waals surface area contributed by atoms with Crippen LogP contribution in [0.4, 0.5) is 0 Å². The first-order chi connectivity index (χ1) is 22.1. The van der Waals surface area contributed by atoms with E-state index < -0.39 is 23.3 Å². The SMILES string of the molecule is COc1ccccc1C(=O)NC1CCN(C(=O)[C@H]2CC[C@@](C(=O)N[C@@H](CC(C)C)C(=O)O)(c3ccccc3)c3ccccc32)CC1.S.S. The summed E-state index contributed by atoms with van der Waals surface area (Å²) in [5.74, 6) is -1.46. The van der Waals surface area contributed by atoms with Crippen molar-refractivity contribution in [3.05, 3.63) is 101 Å². The zero-order chi connectivity index (χ0) is 32.8. The fraction of sp³-hybridized carbons (Fsp3) is 0.405. The molecule has 1 saturated heterocycles. The molecule has 2 aliphatic rings. The molecule has 9 nitrogen and oxygen atoms in total. The molecule has 0 aromatic heterocycles. The highest BCUT2D eigenvalue weighted by molar-refractivity contribution is 7.59. The minimum Gasteiger partial charge on any atom is -0.496 e. The van der Waals surface area contributed by atoms with Gasteiger partial charge in [-0.15, -0.1) is 0 Å². The number of hydrogen-bond acceptors (Lipinski definition) is 5. The number of carbonyl (C=O) groups excluding carboxylic acids is 3. The van der Waals surface area contributed by atoms with Crippen LogP contribution in [0.15, 0.2) is 78.9 Å². The number of amides is 3. The lowest BCUT2D eigenvalue weighted by Crippen LogP contribution is -2.54. The van der Waals surface area contributed by atoms with Crippen LogP contribution in [0.3, 0.4) is 0 Å². The number of benzene rings is 3. The number of nitrogens with zero attached hydrogens (tertiary/aromatic N) is 1. The zero-order valence-electron chi connectivity index (χ0n) is 27.7.